The molecule has 0 fully saturated rings. The minimum atomic E-state index is 0. The van der Waals surface area contributed by atoms with E-state index >= 15 is 0 Å². The van der Waals surface area contributed by atoms with Gasteiger partial charge in [0.1, 0.15) is 0 Å². The van der Waals surface area contributed by atoms with Crippen molar-refractivity contribution in [3.63, 3.8) is 0 Å². The fraction of sp³-hybridized carbons (Fsp3) is 0.341. The molecule has 0 radical (unpaired) electrons. The number of hydrogen-bond donors (Lipinski definition) is 0. The average molecular weight is 740 g/mol. The SMILES string of the molecule is CCCC1=CC2=c3c(CCC)cc(CC)cc3=[C-]C2=C(C2=CC=CC2)C1(CC)CCC.[Cl-].[Cl-].[Zr+2]=[C](c1ccccc1)c1ccccc1. The van der Waals surface area contributed by atoms with Crippen LogP contribution in [0, 0.1) is 5.41 Å². The van der Waals surface area contributed by atoms with E-state index in [1.54, 1.807) is 11.1 Å². The van der Waals surface area contributed by atoms with Gasteiger partial charge in [-0.3, -0.25) is 0 Å². The molecular formula is C44H49Cl2Zr-. The van der Waals surface area contributed by atoms with Crippen molar-refractivity contribution in [3.05, 3.63) is 152 Å². The quantitative estimate of drug-likeness (QED) is 0.262. The zero-order valence-corrected chi connectivity index (χ0v) is 32.8. The summed E-state index contributed by atoms with van der Waals surface area (Å²) in [5.41, 5.74) is 13.5. The van der Waals surface area contributed by atoms with Crippen molar-refractivity contribution < 1.29 is 49.0 Å². The van der Waals surface area contributed by atoms with Gasteiger partial charge in [-0.05, 0) is 43.9 Å². The van der Waals surface area contributed by atoms with Crippen LogP contribution in [0.5, 0.6) is 0 Å². The standard InChI is InChI=1S/C31H39.C13H10.2ClH.Zr/c1-6-13-24-18-22(9-4)19-25-20-28-27(29(24)25)21-26(14-7-2)31(10-5,17-8-3)30(28)23-15-11-12-16-23;1-3-7-12(8-4-1)11-13-9-5-2-6-10-13;;;/h11-12,15,18-19,21H,6-10,13-14,16-17H2,1-5H3;1-10H;2*1H;/q-1;;;;+2/p-2. The molecule has 47 heavy (non-hydrogen) atoms. The molecule has 0 N–H and O–H groups in total. The summed E-state index contributed by atoms with van der Waals surface area (Å²) in [4.78, 5) is 0. The number of fused-ring (bicyclic) bond motifs is 2. The molecule has 3 aromatic carbocycles. The monoisotopic (exact) mass is 737 g/mol. The first-order valence-corrected chi connectivity index (χ1v) is 18.6. The number of aryl methyl sites for hydroxylation is 2. The second-order valence-corrected chi connectivity index (χ2v) is 13.8. The van der Waals surface area contributed by atoms with E-state index in [9.17, 15) is 0 Å². The van der Waals surface area contributed by atoms with Crippen LogP contribution in [0.2, 0.25) is 0 Å². The van der Waals surface area contributed by atoms with Crippen LogP contribution in [0.25, 0.3) is 11.6 Å². The molecule has 3 aromatic rings. The van der Waals surface area contributed by atoms with Gasteiger partial charge in [-0.15, -0.1) is 33.7 Å². The van der Waals surface area contributed by atoms with Gasteiger partial charge in [0.15, 0.2) is 0 Å². The molecule has 0 aliphatic heterocycles. The maximum absolute atomic E-state index is 3.98. The summed E-state index contributed by atoms with van der Waals surface area (Å²) in [5.74, 6) is 0. The normalized spacial score (nSPS) is 17.3. The first-order valence-electron chi connectivity index (χ1n) is 17.3. The molecule has 0 amide bonds. The summed E-state index contributed by atoms with van der Waals surface area (Å²) < 4.78 is 1.42. The van der Waals surface area contributed by atoms with Gasteiger partial charge >= 0.3 is 99.2 Å². The van der Waals surface area contributed by atoms with Gasteiger partial charge in [-0.2, -0.15) is 0 Å². The Balaban J connectivity index is 0.000000316. The summed E-state index contributed by atoms with van der Waals surface area (Å²) in [6.45, 7) is 11.7. The van der Waals surface area contributed by atoms with Crippen LogP contribution in [0.15, 0.2) is 119 Å². The van der Waals surface area contributed by atoms with E-state index in [1.165, 1.54) is 115 Å². The predicted octanol–water partition coefficient (Wildman–Crippen LogP) is 3.95. The van der Waals surface area contributed by atoms with E-state index in [-0.39, 0.29) is 30.2 Å². The van der Waals surface area contributed by atoms with E-state index in [0.29, 0.717) is 0 Å². The zero-order valence-electron chi connectivity index (χ0n) is 28.9. The van der Waals surface area contributed by atoms with E-state index in [1.807, 2.05) is 0 Å². The Morgan fingerprint density at radius 3 is 1.96 bits per heavy atom. The Bertz CT molecular complexity index is 1730. The fourth-order valence-electron chi connectivity index (χ4n) is 7.59. The molecule has 0 aromatic heterocycles. The first-order chi connectivity index (χ1) is 22.0. The molecule has 3 heteroatoms. The van der Waals surface area contributed by atoms with Crippen molar-refractivity contribution in [1.82, 2.24) is 0 Å². The molecule has 0 spiro atoms. The van der Waals surface area contributed by atoms with Crippen LogP contribution in [0.4, 0.5) is 0 Å². The van der Waals surface area contributed by atoms with Gasteiger partial charge < -0.3 is 24.8 Å². The molecule has 3 aliphatic carbocycles. The summed E-state index contributed by atoms with van der Waals surface area (Å²) >= 11 is 1.46. The summed E-state index contributed by atoms with van der Waals surface area (Å²) in [6, 6.07) is 26.0. The molecule has 244 valence electrons. The molecule has 3 aliphatic rings. The molecule has 0 saturated heterocycles. The number of benzene rings is 3. The number of allylic oxidation sites excluding steroid dienone is 8. The molecule has 6 rings (SSSR count). The molecule has 0 bridgehead atoms. The third-order valence-electron chi connectivity index (χ3n) is 9.68. The fourth-order valence-corrected chi connectivity index (χ4v) is 8.41. The topological polar surface area (TPSA) is 0 Å². The summed E-state index contributed by atoms with van der Waals surface area (Å²) in [7, 11) is 0. The second-order valence-electron chi connectivity index (χ2n) is 12.6. The van der Waals surface area contributed by atoms with Crippen LogP contribution in [0.3, 0.4) is 0 Å². The Kier molecular flexibility index (Phi) is 15.4. The van der Waals surface area contributed by atoms with Crippen LogP contribution in [-0.2, 0) is 37.1 Å². The van der Waals surface area contributed by atoms with Crippen molar-refractivity contribution in [2.75, 3.05) is 0 Å². The third kappa shape index (κ3) is 8.29. The maximum atomic E-state index is 3.98. The van der Waals surface area contributed by atoms with Crippen LogP contribution < -0.4 is 35.3 Å². The van der Waals surface area contributed by atoms with E-state index in [2.05, 4.69) is 138 Å². The van der Waals surface area contributed by atoms with Crippen LogP contribution >= 0.6 is 0 Å². The summed E-state index contributed by atoms with van der Waals surface area (Å²) in [6.07, 6.45) is 24.1. The van der Waals surface area contributed by atoms with E-state index in [4.69, 9.17) is 0 Å². The van der Waals surface area contributed by atoms with Gasteiger partial charge in [0.2, 0.25) is 0 Å². The molecule has 0 heterocycles. The number of hydrogen-bond acceptors (Lipinski definition) is 0. The van der Waals surface area contributed by atoms with E-state index in [0.717, 1.165) is 19.3 Å². The van der Waals surface area contributed by atoms with Gasteiger partial charge in [0, 0.05) is 0 Å². The Hall–Kier alpha value is -2.31. The van der Waals surface area contributed by atoms with Gasteiger partial charge in [0.05, 0.1) is 0 Å². The van der Waals surface area contributed by atoms with Crippen LogP contribution in [-0.4, -0.2) is 3.21 Å². The van der Waals surface area contributed by atoms with Crippen LogP contribution in [0.1, 0.15) is 102 Å². The van der Waals surface area contributed by atoms with Crippen molar-refractivity contribution >= 4 is 14.9 Å². The van der Waals surface area contributed by atoms with E-state index < -0.39 is 0 Å². The van der Waals surface area contributed by atoms with Crippen molar-refractivity contribution in [3.8, 4) is 0 Å². The summed E-state index contributed by atoms with van der Waals surface area (Å²) in [5, 5.41) is 2.82. The minimum absolute atomic E-state index is 0. The second kappa shape index (κ2) is 18.5. The molecular weight excluding hydrogens is 691 g/mol. The Morgan fingerprint density at radius 2 is 1.45 bits per heavy atom. The van der Waals surface area contributed by atoms with Crippen molar-refractivity contribution in [2.24, 2.45) is 5.41 Å². The van der Waals surface area contributed by atoms with Gasteiger partial charge in [0.25, 0.3) is 0 Å². The number of halogens is 2. The first kappa shape index (κ1) is 39.1. The van der Waals surface area contributed by atoms with Crippen molar-refractivity contribution in [1.29, 1.82) is 0 Å². The molecule has 0 nitrogen and oxygen atoms in total. The molecule has 1 atom stereocenters. The average Bonchev–Trinajstić information content (AvgIpc) is 3.74. The van der Waals surface area contributed by atoms with Gasteiger partial charge in [-0.1, -0.05) is 112 Å². The Morgan fingerprint density at radius 1 is 0.809 bits per heavy atom. The zero-order chi connectivity index (χ0) is 31.8. The van der Waals surface area contributed by atoms with Gasteiger partial charge in [-0.25, -0.2) is 0 Å². The Labute approximate surface area is 311 Å². The molecule has 0 saturated carbocycles. The number of rotatable bonds is 11. The third-order valence-corrected chi connectivity index (χ3v) is 11.1. The van der Waals surface area contributed by atoms with Crippen molar-refractivity contribution in [2.45, 2.75) is 92.4 Å². The molecule has 1 unspecified atom stereocenters. The predicted molar refractivity (Wildman–Crippen MR) is 191 cm³/mol.